The fraction of sp³-hybridized carbons (Fsp3) is 0.500. The van der Waals surface area contributed by atoms with Crippen LogP contribution in [-0.2, 0) is 13.8 Å². The summed E-state index contributed by atoms with van der Waals surface area (Å²) in [4.78, 5) is 24.9. The molecule has 3 rings (SSSR count). The maximum atomic E-state index is 11.7. The van der Waals surface area contributed by atoms with E-state index in [9.17, 15) is 9.36 Å². The third kappa shape index (κ3) is 2.63. The second-order valence-electron chi connectivity index (χ2n) is 4.83. The van der Waals surface area contributed by atoms with Crippen LogP contribution in [0.5, 0.6) is 0 Å². The quantitative estimate of drug-likeness (QED) is 0.853. The zero-order valence-corrected chi connectivity index (χ0v) is 12.2. The van der Waals surface area contributed by atoms with Crippen molar-refractivity contribution >= 4 is 14.0 Å². The Morgan fingerprint density at radius 3 is 3.10 bits per heavy atom. The highest BCUT2D eigenvalue weighted by atomic mass is 31.1. The van der Waals surface area contributed by atoms with E-state index < -0.39 is 20.6 Å². The van der Waals surface area contributed by atoms with Gasteiger partial charge >= 0.3 is 8.25 Å². The van der Waals surface area contributed by atoms with E-state index >= 15 is 0 Å². The summed E-state index contributed by atoms with van der Waals surface area (Å²) in [5.74, 6) is 0.408. The molecule has 21 heavy (non-hydrogen) atoms. The van der Waals surface area contributed by atoms with Gasteiger partial charge < -0.3 is 4.74 Å². The Hall–Kier alpha value is -1.60. The summed E-state index contributed by atoms with van der Waals surface area (Å²) in [6.45, 7) is 1.97. The van der Waals surface area contributed by atoms with Crippen LogP contribution < -0.4 is 5.56 Å². The number of ether oxygens (including phenoxy) is 1. The molecule has 4 atom stereocenters. The lowest BCUT2D eigenvalue weighted by molar-refractivity contribution is -0.0301. The van der Waals surface area contributed by atoms with E-state index in [1.54, 1.807) is 17.0 Å². The minimum absolute atomic E-state index is 0.0654. The van der Waals surface area contributed by atoms with Crippen molar-refractivity contribution in [3.63, 3.8) is 0 Å². The van der Waals surface area contributed by atoms with Gasteiger partial charge in [0.15, 0.2) is 12.3 Å². The van der Waals surface area contributed by atoms with Gasteiger partial charge in [0.2, 0.25) is 5.78 Å². The summed E-state index contributed by atoms with van der Waals surface area (Å²) in [6, 6.07) is 1.40. The van der Waals surface area contributed by atoms with Crippen LogP contribution in [0.25, 0.3) is 5.78 Å². The first-order valence-electron chi connectivity index (χ1n) is 6.62. The van der Waals surface area contributed by atoms with E-state index in [0.29, 0.717) is 12.2 Å². The molecular weight excluding hydrogens is 297 g/mol. The minimum atomic E-state index is -2.72. The van der Waals surface area contributed by atoms with Gasteiger partial charge in [0.25, 0.3) is 5.56 Å². The van der Waals surface area contributed by atoms with Crippen molar-refractivity contribution in [2.45, 2.75) is 38.2 Å². The molecule has 2 aromatic rings. The van der Waals surface area contributed by atoms with Crippen molar-refractivity contribution in [1.82, 2.24) is 14.0 Å². The van der Waals surface area contributed by atoms with Crippen LogP contribution in [0.2, 0.25) is 0 Å². The van der Waals surface area contributed by atoms with E-state index in [1.807, 2.05) is 6.92 Å². The third-order valence-electron chi connectivity index (χ3n) is 3.57. The van der Waals surface area contributed by atoms with Gasteiger partial charge in [-0.2, -0.15) is 0 Å². The zero-order chi connectivity index (χ0) is 15.0. The molecule has 2 aromatic heterocycles. The number of hydrogen-bond acceptors (Lipinski definition) is 5. The molecule has 1 saturated heterocycles. The molecule has 0 radical (unpaired) electrons. The molecule has 0 saturated carbocycles. The van der Waals surface area contributed by atoms with Crippen molar-refractivity contribution in [1.29, 1.82) is 0 Å². The summed E-state index contributed by atoms with van der Waals surface area (Å²) in [7, 11) is -2.72. The van der Waals surface area contributed by atoms with Crippen molar-refractivity contribution < 1.29 is 18.7 Å². The highest BCUT2D eigenvalue weighted by Gasteiger charge is 2.42. The molecule has 0 amide bonds. The summed E-state index contributed by atoms with van der Waals surface area (Å²) in [5.41, 5.74) is -0.200. The van der Waals surface area contributed by atoms with Gasteiger partial charge in [-0.1, -0.05) is 6.92 Å². The summed E-state index contributed by atoms with van der Waals surface area (Å²) >= 11 is 0. The summed E-state index contributed by atoms with van der Waals surface area (Å²) in [6.07, 6.45) is 4.70. The van der Waals surface area contributed by atoms with Crippen molar-refractivity contribution in [2.75, 3.05) is 0 Å². The standard InChI is InChI=1S/C12H14N3O5P/c1-2-8-7-9(20-21(17)18)11(19-8)15-5-3-10(16)14-6-4-13-12(14)15/h3-6,8-9,11H,2,7H2,1H3/p+1/t8-,9-,11-/m1/s1. The van der Waals surface area contributed by atoms with Gasteiger partial charge in [-0.15, -0.1) is 9.42 Å². The Balaban J connectivity index is 2.03. The summed E-state index contributed by atoms with van der Waals surface area (Å²) in [5, 5.41) is 0. The van der Waals surface area contributed by atoms with Gasteiger partial charge in [-0.25, -0.2) is 4.98 Å². The minimum Gasteiger partial charge on any atom is -0.352 e. The van der Waals surface area contributed by atoms with Gasteiger partial charge in [0, 0.05) is 35.6 Å². The Bertz CT molecular complexity index is 727. The smallest absolute Gasteiger partial charge is 0.352 e. The van der Waals surface area contributed by atoms with E-state index in [0.717, 1.165) is 6.42 Å². The first kappa shape index (κ1) is 14.3. The molecule has 0 spiro atoms. The van der Waals surface area contributed by atoms with E-state index in [2.05, 4.69) is 4.98 Å². The molecule has 3 heterocycles. The molecule has 0 aromatic carbocycles. The zero-order valence-electron chi connectivity index (χ0n) is 11.3. The van der Waals surface area contributed by atoms with E-state index in [4.69, 9.17) is 14.2 Å². The van der Waals surface area contributed by atoms with Crippen LogP contribution in [0.15, 0.2) is 29.5 Å². The Morgan fingerprint density at radius 1 is 1.57 bits per heavy atom. The van der Waals surface area contributed by atoms with Gasteiger partial charge in [-0.05, 0) is 6.42 Å². The lowest BCUT2D eigenvalue weighted by Gasteiger charge is -2.18. The van der Waals surface area contributed by atoms with Crippen molar-refractivity contribution in [3.8, 4) is 0 Å². The third-order valence-corrected chi connectivity index (χ3v) is 4.02. The SMILES string of the molecule is CC[C@@H]1C[C@@H](O[P+](=O)O)[C@H](n2ccc(=O)n3ccnc23)O1. The molecule has 0 bridgehead atoms. The van der Waals surface area contributed by atoms with Gasteiger partial charge in [0.05, 0.1) is 6.10 Å². The average Bonchev–Trinajstić information content (AvgIpc) is 3.06. The maximum Gasteiger partial charge on any atom is 0.695 e. The lowest BCUT2D eigenvalue weighted by Crippen LogP contribution is -2.25. The summed E-state index contributed by atoms with van der Waals surface area (Å²) < 4.78 is 25.0. The number of hydrogen-bond donors (Lipinski definition) is 1. The van der Waals surface area contributed by atoms with Gasteiger partial charge in [0.1, 0.15) is 0 Å². The Morgan fingerprint density at radius 2 is 2.38 bits per heavy atom. The first-order chi connectivity index (χ1) is 10.1. The predicted molar refractivity (Wildman–Crippen MR) is 73.0 cm³/mol. The lowest BCUT2D eigenvalue weighted by atomic mass is 10.1. The average molecular weight is 312 g/mol. The van der Waals surface area contributed by atoms with Crippen LogP contribution in [0.3, 0.4) is 0 Å². The second-order valence-corrected chi connectivity index (χ2v) is 5.52. The fourth-order valence-electron chi connectivity index (χ4n) is 2.58. The molecule has 8 nitrogen and oxygen atoms in total. The molecule has 1 N–H and O–H groups in total. The molecule has 1 fully saturated rings. The molecule has 1 aliphatic rings. The van der Waals surface area contributed by atoms with Crippen molar-refractivity contribution in [2.24, 2.45) is 0 Å². The highest BCUT2D eigenvalue weighted by Crippen LogP contribution is 2.37. The normalized spacial score (nSPS) is 26.4. The molecule has 1 unspecified atom stereocenters. The highest BCUT2D eigenvalue weighted by molar-refractivity contribution is 7.32. The molecule has 0 aliphatic carbocycles. The maximum absolute atomic E-state index is 11.7. The van der Waals surface area contributed by atoms with Crippen LogP contribution >= 0.6 is 8.25 Å². The number of fused-ring (bicyclic) bond motifs is 1. The molecular formula is C12H15N3O5P+. The fourth-order valence-corrected chi connectivity index (χ4v) is 3.00. The molecule has 1 aliphatic heterocycles. The number of aromatic nitrogens is 3. The number of imidazole rings is 1. The van der Waals surface area contributed by atoms with E-state index in [1.165, 1.54) is 16.7 Å². The van der Waals surface area contributed by atoms with Crippen molar-refractivity contribution in [3.05, 3.63) is 35.0 Å². The van der Waals surface area contributed by atoms with E-state index in [-0.39, 0.29) is 11.7 Å². The largest absolute Gasteiger partial charge is 0.695 e. The van der Waals surface area contributed by atoms with Gasteiger partial charge in [-0.3, -0.25) is 13.8 Å². The first-order valence-corrected chi connectivity index (χ1v) is 7.75. The van der Waals surface area contributed by atoms with Crippen LogP contribution in [0.1, 0.15) is 26.0 Å². The Kier molecular flexibility index (Phi) is 3.86. The molecule has 112 valence electrons. The topological polar surface area (TPSA) is 95.1 Å². The number of nitrogens with zero attached hydrogens (tertiary/aromatic N) is 3. The predicted octanol–water partition coefficient (Wildman–Crippen LogP) is 1.23. The monoisotopic (exact) mass is 312 g/mol. The number of rotatable bonds is 4. The van der Waals surface area contributed by atoms with Crippen LogP contribution in [-0.4, -0.2) is 31.1 Å². The molecule has 9 heteroatoms. The van der Waals surface area contributed by atoms with Crippen LogP contribution in [0.4, 0.5) is 0 Å². The Labute approximate surface area is 120 Å². The second kappa shape index (κ2) is 5.65. The van der Waals surface area contributed by atoms with Crippen LogP contribution in [0, 0.1) is 0 Å².